The van der Waals surface area contributed by atoms with Gasteiger partial charge in [-0.3, -0.25) is 24.6 Å². The SMILES string of the molecule is CN(Cc1ccc2c(c1)C(=O)N(C1CCC(=O)NC1=O)C2)C1CNCCc2ccccc21. The van der Waals surface area contributed by atoms with Crippen LogP contribution in [0.1, 0.15) is 51.5 Å². The standard InChI is InChI=1S/C25H28N4O3/c1-28(22-13-26-11-10-17-4-2-3-5-19(17)22)14-16-6-7-18-15-29(25(32)20(18)12-16)21-8-9-23(30)27-24(21)31/h2-7,12,21-22,26H,8-11,13-15H2,1H3,(H,27,30,31). The summed E-state index contributed by atoms with van der Waals surface area (Å²) in [5.74, 6) is -0.766. The Hall–Kier alpha value is -3.03. The summed E-state index contributed by atoms with van der Waals surface area (Å²) in [7, 11) is 2.12. The number of likely N-dealkylation sites (N-methyl/N-ethyl adjacent to an activating group) is 1. The van der Waals surface area contributed by atoms with Crippen molar-refractivity contribution in [1.82, 2.24) is 20.4 Å². The van der Waals surface area contributed by atoms with E-state index in [2.05, 4.69) is 52.9 Å². The van der Waals surface area contributed by atoms with Gasteiger partial charge in [0, 0.05) is 37.7 Å². The Kier molecular flexibility index (Phi) is 5.53. The number of hydrogen-bond donors (Lipinski definition) is 2. The quantitative estimate of drug-likeness (QED) is 0.720. The second-order valence-corrected chi connectivity index (χ2v) is 8.98. The Bertz CT molecular complexity index is 1080. The number of imide groups is 1. The van der Waals surface area contributed by atoms with E-state index in [1.807, 2.05) is 12.1 Å². The maximum atomic E-state index is 13.1. The molecule has 2 N–H and O–H groups in total. The first-order chi connectivity index (χ1) is 15.5. The van der Waals surface area contributed by atoms with Crippen LogP contribution in [0.25, 0.3) is 0 Å². The molecule has 2 aromatic rings. The van der Waals surface area contributed by atoms with Gasteiger partial charge in [-0.15, -0.1) is 0 Å². The first kappa shape index (κ1) is 20.8. The van der Waals surface area contributed by atoms with E-state index in [4.69, 9.17) is 0 Å². The Balaban J connectivity index is 1.33. The molecule has 7 heteroatoms. The Morgan fingerprint density at radius 3 is 2.75 bits per heavy atom. The Labute approximate surface area is 187 Å². The van der Waals surface area contributed by atoms with Gasteiger partial charge in [-0.05, 0) is 54.8 Å². The third-order valence-corrected chi connectivity index (χ3v) is 6.88. The summed E-state index contributed by atoms with van der Waals surface area (Å²) in [5.41, 5.74) is 5.43. The van der Waals surface area contributed by atoms with Crippen LogP contribution in [0.4, 0.5) is 0 Å². The fourth-order valence-corrected chi connectivity index (χ4v) is 5.15. The number of carbonyl (C=O) groups is 3. The van der Waals surface area contributed by atoms with Crippen molar-refractivity contribution in [1.29, 1.82) is 0 Å². The predicted molar refractivity (Wildman–Crippen MR) is 120 cm³/mol. The van der Waals surface area contributed by atoms with Crippen molar-refractivity contribution in [2.45, 2.75) is 44.4 Å². The minimum Gasteiger partial charge on any atom is -0.322 e. The number of fused-ring (bicyclic) bond motifs is 2. The molecule has 32 heavy (non-hydrogen) atoms. The molecule has 3 aliphatic heterocycles. The highest BCUT2D eigenvalue weighted by atomic mass is 16.2. The van der Waals surface area contributed by atoms with Gasteiger partial charge in [0.15, 0.2) is 0 Å². The molecule has 3 heterocycles. The van der Waals surface area contributed by atoms with E-state index in [0.717, 1.165) is 37.2 Å². The van der Waals surface area contributed by atoms with Gasteiger partial charge in [-0.1, -0.05) is 36.4 Å². The van der Waals surface area contributed by atoms with Crippen LogP contribution in [0.15, 0.2) is 42.5 Å². The predicted octanol–water partition coefficient (Wildman–Crippen LogP) is 1.77. The second-order valence-electron chi connectivity index (χ2n) is 8.98. The summed E-state index contributed by atoms with van der Waals surface area (Å²) in [6, 6.07) is 14.4. The van der Waals surface area contributed by atoms with Gasteiger partial charge >= 0.3 is 0 Å². The van der Waals surface area contributed by atoms with Crippen LogP contribution in [0.2, 0.25) is 0 Å². The lowest BCUT2D eigenvalue weighted by Gasteiger charge is -2.29. The third kappa shape index (κ3) is 3.82. The number of nitrogens with zero attached hydrogens (tertiary/aromatic N) is 2. The number of nitrogens with one attached hydrogen (secondary N) is 2. The molecule has 2 atom stereocenters. The number of benzene rings is 2. The maximum Gasteiger partial charge on any atom is 0.255 e. The fraction of sp³-hybridized carbons (Fsp3) is 0.400. The molecule has 0 bridgehead atoms. The molecule has 0 spiro atoms. The van der Waals surface area contributed by atoms with Gasteiger partial charge < -0.3 is 10.2 Å². The highest BCUT2D eigenvalue weighted by molar-refractivity contribution is 6.05. The van der Waals surface area contributed by atoms with Crippen molar-refractivity contribution in [3.63, 3.8) is 0 Å². The largest absolute Gasteiger partial charge is 0.322 e. The summed E-state index contributed by atoms with van der Waals surface area (Å²) in [6.45, 7) is 3.00. The van der Waals surface area contributed by atoms with Crippen molar-refractivity contribution < 1.29 is 14.4 Å². The fourth-order valence-electron chi connectivity index (χ4n) is 5.15. The third-order valence-electron chi connectivity index (χ3n) is 6.88. The van der Waals surface area contributed by atoms with Crippen LogP contribution in [0.3, 0.4) is 0 Å². The van der Waals surface area contributed by atoms with E-state index in [0.29, 0.717) is 18.5 Å². The first-order valence-corrected chi connectivity index (χ1v) is 11.3. The molecule has 166 valence electrons. The topological polar surface area (TPSA) is 81.8 Å². The lowest BCUT2D eigenvalue weighted by Crippen LogP contribution is -2.52. The molecule has 2 aromatic carbocycles. The van der Waals surface area contributed by atoms with E-state index in [-0.39, 0.29) is 30.2 Å². The minimum absolute atomic E-state index is 0.125. The molecule has 0 aromatic heterocycles. The smallest absolute Gasteiger partial charge is 0.255 e. The Morgan fingerprint density at radius 2 is 1.91 bits per heavy atom. The van der Waals surface area contributed by atoms with Crippen molar-refractivity contribution >= 4 is 17.7 Å². The first-order valence-electron chi connectivity index (χ1n) is 11.3. The zero-order valence-electron chi connectivity index (χ0n) is 18.3. The van der Waals surface area contributed by atoms with Gasteiger partial charge in [-0.2, -0.15) is 0 Å². The molecule has 5 rings (SSSR count). The zero-order chi connectivity index (χ0) is 22.2. The molecule has 7 nitrogen and oxygen atoms in total. The summed E-state index contributed by atoms with van der Waals surface area (Å²) in [4.78, 5) is 40.8. The van der Waals surface area contributed by atoms with Gasteiger partial charge in [0.05, 0.1) is 0 Å². The average molecular weight is 433 g/mol. The molecule has 0 saturated carbocycles. The highest BCUT2D eigenvalue weighted by Crippen LogP contribution is 2.30. The molecule has 2 unspecified atom stereocenters. The molecule has 0 radical (unpaired) electrons. The number of amides is 3. The Morgan fingerprint density at radius 1 is 1.06 bits per heavy atom. The molecule has 3 aliphatic rings. The summed E-state index contributed by atoms with van der Waals surface area (Å²) in [6.07, 6.45) is 1.68. The molecule has 1 fully saturated rings. The zero-order valence-corrected chi connectivity index (χ0v) is 18.3. The van der Waals surface area contributed by atoms with E-state index in [1.165, 1.54) is 11.1 Å². The lowest BCUT2D eigenvalue weighted by molar-refractivity contribution is -0.136. The second kappa shape index (κ2) is 8.48. The average Bonchev–Trinajstić information content (AvgIpc) is 2.96. The van der Waals surface area contributed by atoms with Crippen LogP contribution >= 0.6 is 0 Å². The normalized spacial score (nSPS) is 23.1. The summed E-state index contributed by atoms with van der Waals surface area (Å²) >= 11 is 0. The number of hydrogen-bond acceptors (Lipinski definition) is 5. The van der Waals surface area contributed by atoms with Crippen LogP contribution in [0, 0.1) is 0 Å². The lowest BCUT2D eigenvalue weighted by atomic mass is 9.98. The van der Waals surface area contributed by atoms with E-state index in [9.17, 15) is 14.4 Å². The number of piperidine rings is 1. The highest BCUT2D eigenvalue weighted by Gasteiger charge is 2.39. The van der Waals surface area contributed by atoms with Crippen LogP contribution in [-0.2, 0) is 29.1 Å². The minimum atomic E-state index is -0.577. The van der Waals surface area contributed by atoms with E-state index in [1.54, 1.807) is 4.90 Å². The molecule has 0 aliphatic carbocycles. The van der Waals surface area contributed by atoms with Crippen molar-refractivity contribution in [3.05, 3.63) is 70.3 Å². The van der Waals surface area contributed by atoms with Crippen molar-refractivity contribution in [3.8, 4) is 0 Å². The van der Waals surface area contributed by atoms with Crippen molar-refractivity contribution in [2.24, 2.45) is 0 Å². The summed E-state index contributed by atoms with van der Waals surface area (Å²) < 4.78 is 0. The summed E-state index contributed by atoms with van der Waals surface area (Å²) in [5, 5.41) is 5.90. The van der Waals surface area contributed by atoms with Crippen LogP contribution in [-0.4, -0.2) is 53.7 Å². The van der Waals surface area contributed by atoms with E-state index >= 15 is 0 Å². The van der Waals surface area contributed by atoms with Crippen LogP contribution in [0.5, 0.6) is 0 Å². The molecule has 1 saturated heterocycles. The number of carbonyl (C=O) groups excluding carboxylic acids is 3. The number of rotatable bonds is 4. The molecule has 3 amide bonds. The van der Waals surface area contributed by atoms with E-state index < -0.39 is 6.04 Å². The van der Waals surface area contributed by atoms with Crippen molar-refractivity contribution in [2.75, 3.05) is 20.1 Å². The maximum absolute atomic E-state index is 13.1. The van der Waals surface area contributed by atoms with Gasteiger partial charge in [0.25, 0.3) is 5.91 Å². The molecular formula is C25H28N4O3. The molecular weight excluding hydrogens is 404 g/mol. The van der Waals surface area contributed by atoms with Gasteiger partial charge in [-0.25, -0.2) is 0 Å². The van der Waals surface area contributed by atoms with Gasteiger partial charge in [0.2, 0.25) is 11.8 Å². The van der Waals surface area contributed by atoms with Gasteiger partial charge in [0.1, 0.15) is 6.04 Å². The monoisotopic (exact) mass is 432 g/mol. The van der Waals surface area contributed by atoms with Crippen LogP contribution < -0.4 is 10.6 Å².